The first-order valence-corrected chi connectivity index (χ1v) is 17.3. The first-order chi connectivity index (χ1) is 23.4. The van der Waals surface area contributed by atoms with Gasteiger partial charge in [-0.3, -0.25) is 28.8 Å². The molecule has 1 aromatic carbocycles. The molecule has 1 saturated heterocycles. The van der Waals surface area contributed by atoms with Gasteiger partial charge in [0, 0.05) is 6.54 Å². The minimum absolute atomic E-state index is 0.0298. The van der Waals surface area contributed by atoms with Gasteiger partial charge in [-0.15, -0.1) is 0 Å². The quantitative estimate of drug-likeness (QED) is 0.153. The molecule has 5 amide bonds. The zero-order chi connectivity index (χ0) is 35.9. The first kappa shape index (κ1) is 39.0. The second kappa shape index (κ2) is 19.5. The molecule has 0 radical (unpaired) electrons. The highest BCUT2D eigenvalue weighted by Gasteiger charge is 2.42. The number of carbonyl (C=O) groups is 7. The lowest BCUT2D eigenvalue weighted by Gasteiger charge is -2.35. The van der Waals surface area contributed by atoms with Crippen LogP contribution in [0.2, 0.25) is 0 Å². The molecule has 5 N–H and O–H groups in total. The highest BCUT2D eigenvalue weighted by Crippen LogP contribution is 2.29. The van der Waals surface area contributed by atoms with E-state index >= 15 is 0 Å². The van der Waals surface area contributed by atoms with Crippen molar-refractivity contribution in [2.75, 3.05) is 13.1 Å². The number of aliphatic carboxylic acids is 1. The lowest BCUT2D eigenvalue weighted by Crippen LogP contribution is -2.60. The van der Waals surface area contributed by atoms with E-state index in [1.807, 2.05) is 49.5 Å². The number of likely N-dealkylation sites (tertiary alicyclic amines) is 1. The number of nitrogens with zero attached hydrogens (tertiary/aromatic N) is 1. The van der Waals surface area contributed by atoms with Gasteiger partial charge in [0.1, 0.15) is 31.3 Å². The van der Waals surface area contributed by atoms with E-state index in [-0.39, 0.29) is 31.4 Å². The van der Waals surface area contributed by atoms with Gasteiger partial charge in [0.05, 0.1) is 6.04 Å². The summed E-state index contributed by atoms with van der Waals surface area (Å²) in [5.74, 6) is -5.07. The van der Waals surface area contributed by atoms with E-state index < -0.39 is 72.2 Å². The van der Waals surface area contributed by atoms with Gasteiger partial charge >= 0.3 is 12.1 Å². The molecule has 1 saturated carbocycles. The third-order valence-electron chi connectivity index (χ3n) is 8.89. The summed E-state index contributed by atoms with van der Waals surface area (Å²) in [5.41, 5.74) is 0.793. The Morgan fingerprint density at radius 3 is 2.22 bits per heavy atom. The van der Waals surface area contributed by atoms with Crippen LogP contribution in [0.25, 0.3) is 0 Å². The average Bonchev–Trinajstić information content (AvgIpc) is 3.58. The van der Waals surface area contributed by atoms with Crippen molar-refractivity contribution in [2.24, 2.45) is 11.8 Å². The molecule has 3 rings (SSSR count). The number of hydrogen-bond acceptors (Lipinski definition) is 8. The zero-order valence-electron chi connectivity index (χ0n) is 28.7. The fourth-order valence-corrected chi connectivity index (χ4v) is 6.42. The highest BCUT2D eigenvalue weighted by molar-refractivity contribution is 6.38. The molecule has 2 fully saturated rings. The Hall–Kier alpha value is -4.49. The van der Waals surface area contributed by atoms with E-state index in [1.165, 1.54) is 4.90 Å². The SMILES string of the molecule is CCC[C@H](NC(=O)[C@@H]1CCCN1C(=O)[C@@H](NC(=O)[C@H](CC(C)C)NC(=O)OCc1ccccc1)C1CCCCC1)C(=O)C(=O)NCC(=O)O. The maximum absolute atomic E-state index is 14.3. The predicted octanol–water partition coefficient (Wildman–Crippen LogP) is 2.44. The van der Waals surface area contributed by atoms with Crippen LogP contribution in [-0.2, 0) is 40.1 Å². The topological polar surface area (TPSA) is 200 Å². The summed E-state index contributed by atoms with van der Waals surface area (Å²) >= 11 is 0. The summed E-state index contributed by atoms with van der Waals surface area (Å²) < 4.78 is 5.36. The van der Waals surface area contributed by atoms with Crippen LogP contribution in [0.3, 0.4) is 0 Å². The van der Waals surface area contributed by atoms with E-state index in [0.717, 1.165) is 24.8 Å². The lowest BCUT2D eigenvalue weighted by molar-refractivity contribution is -0.145. The van der Waals surface area contributed by atoms with Crippen LogP contribution in [0.5, 0.6) is 0 Å². The van der Waals surface area contributed by atoms with Crippen molar-refractivity contribution in [1.82, 2.24) is 26.2 Å². The summed E-state index contributed by atoms with van der Waals surface area (Å²) in [6.07, 6.45) is 5.20. The summed E-state index contributed by atoms with van der Waals surface area (Å²) in [7, 11) is 0. The van der Waals surface area contributed by atoms with Crippen LogP contribution in [0.15, 0.2) is 30.3 Å². The minimum Gasteiger partial charge on any atom is -0.480 e. The molecule has 0 spiro atoms. The molecular formula is C35H51N5O9. The van der Waals surface area contributed by atoms with Gasteiger partial charge in [0.15, 0.2) is 0 Å². The number of benzene rings is 1. The molecule has 0 unspecified atom stereocenters. The van der Waals surface area contributed by atoms with Crippen molar-refractivity contribution in [2.45, 2.75) is 116 Å². The van der Waals surface area contributed by atoms with Crippen molar-refractivity contribution in [3.63, 3.8) is 0 Å². The molecule has 49 heavy (non-hydrogen) atoms. The Morgan fingerprint density at radius 2 is 1.59 bits per heavy atom. The van der Waals surface area contributed by atoms with Gasteiger partial charge in [-0.2, -0.15) is 0 Å². The largest absolute Gasteiger partial charge is 0.480 e. The molecule has 1 aliphatic carbocycles. The molecule has 14 heteroatoms. The number of carboxylic acid groups (broad SMARTS) is 1. The monoisotopic (exact) mass is 685 g/mol. The maximum Gasteiger partial charge on any atom is 0.408 e. The lowest BCUT2D eigenvalue weighted by atomic mass is 9.83. The van der Waals surface area contributed by atoms with Crippen LogP contribution in [0.1, 0.15) is 90.5 Å². The first-order valence-electron chi connectivity index (χ1n) is 17.3. The fraction of sp³-hybridized carbons (Fsp3) is 0.629. The normalized spacial score (nSPS) is 18.1. The molecule has 1 aromatic rings. The molecule has 14 nitrogen and oxygen atoms in total. The van der Waals surface area contributed by atoms with Crippen molar-refractivity contribution in [1.29, 1.82) is 0 Å². The van der Waals surface area contributed by atoms with Crippen LogP contribution < -0.4 is 21.3 Å². The van der Waals surface area contributed by atoms with Crippen LogP contribution >= 0.6 is 0 Å². The van der Waals surface area contributed by atoms with Crippen LogP contribution in [0, 0.1) is 11.8 Å². The Kier molecular flexibility index (Phi) is 15.5. The number of ketones is 1. The standard InChI is InChI=1S/C35H51N5O9/c1-4-12-25(30(43)33(46)36-20-28(41)42)37-32(45)27-17-11-18-40(27)34(47)29(24-15-9-6-10-16-24)39-31(44)26(19-22(2)3)38-35(48)49-21-23-13-7-5-8-14-23/h5,7-8,13-14,22,24-27,29H,4,6,9-12,15-21H2,1-3H3,(H,36,46)(H,37,45)(H,38,48)(H,39,44)(H,41,42)/t25-,26-,27-,29-/m0/s1. The van der Waals surface area contributed by atoms with E-state index in [1.54, 1.807) is 6.92 Å². The number of hydrogen-bond donors (Lipinski definition) is 5. The smallest absolute Gasteiger partial charge is 0.408 e. The summed E-state index contributed by atoms with van der Waals surface area (Å²) in [6, 6.07) is 5.12. The number of nitrogens with one attached hydrogen (secondary N) is 4. The van der Waals surface area contributed by atoms with E-state index in [0.29, 0.717) is 38.5 Å². The van der Waals surface area contributed by atoms with Crippen molar-refractivity contribution < 1.29 is 43.4 Å². The maximum atomic E-state index is 14.3. The van der Waals surface area contributed by atoms with E-state index in [4.69, 9.17) is 9.84 Å². The number of amides is 5. The Bertz CT molecular complexity index is 1320. The molecule has 4 atom stereocenters. The Balaban J connectivity index is 1.74. The van der Waals surface area contributed by atoms with Gasteiger partial charge in [-0.05, 0) is 55.9 Å². The van der Waals surface area contributed by atoms with Crippen molar-refractivity contribution in [3.05, 3.63) is 35.9 Å². The Labute approximate surface area is 287 Å². The zero-order valence-corrected chi connectivity index (χ0v) is 28.7. The third kappa shape index (κ3) is 12.2. The second-order valence-corrected chi connectivity index (χ2v) is 13.3. The van der Waals surface area contributed by atoms with Crippen LogP contribution in [0.4, 0.5) is 4.79 Å². The number of carbonyl (C=O) groups excluding carboxylic acids is 6. The van der Waals surface area contributed by atoms with Gasteiger partial charge in [-0.25, -0.2) is 4.79 Å². The predicted molar refractivity (Wildman–Crippen MR) is 179 cm³/mol. The fourth-order valence-electron chi connectivity index (χ4n) is 6.42. The molecule has 2 aliphatic rings. The van der Waals surface area contributed by atoms with Gasteiger partial charge in [0.25, 0.3) is 5.91 Å². The number of rotatable bonds is 17. The Morgan fingerprint density at radius 1 is 0.898 bits per heavy atom. The summed E-state index contributed by atoms with van der Waals surface area (Å²) in [4.78, 5) is 91.7. The van der Waals surface area contributed by atoms with E-state index in [9.17, 15) is 33.6 Å². The summed E-state index contributed by atoms with van der Waals surface area (Å²) in [6.45, 7) is 5.17. The molecular weight excluding hydrogens is 634 g/mol. The van der Waals surface area contributed by atoms with Gasteiger partial charge < -0.3 is 36.0 Å². The summed E-state index contributed by atoms with van der Waals surface area (Å²) in [5, 5.41) is 19.1. The van der Waals surface area contributed by atoms with Crippen molar-refractivity contribution in [3.8, 4) is 0 Å². The average molecular weight is 686 g/mol. The molecule has 0 aromatic heterocycles. The van der Waals surface area contributed by atoms with Crippen molar-refractivity contribution >= 4 is 41.5 Å². The molecule has 1 aliphatic heterocycles. The number of Topliss-reactive ketones (excluding diaryl/α,β-unsaturated/α-hetero) is 1. The minimum atomic E-state index is -1.31. The number of ether oxygens (including phenoxy) is 1. The van der Waals surface area contributed by atoms with E-state index in [2.05, 4.69) is 16.0 Å². The molecule has 1 heterocycles. The van der Waals surface area contributed by atoms with Gasteiger partial charge in [-0.1, -0.05) is 76.8 Å². The molecule has 0 bridgehead atoms. The van der Waals surface area contributed by atoms with Crippen LogP contribution in [-0.4, -0.2) is 88.7 Å². The third-order valence-corrected chi connectivity index (χ3v) is 8.89. The van der Waals surface area contributed by atoms with Gasteiger partial charge in [0.2, 0.25) is 23.5 Å². The second-order valence-electron chi connectivity index (χ2n) is 13.3. The highest BCUT2D eigenvalue weighted by atomic mass is 16.5. The number of carboxylic acids is 1. The molecule has 270 valence electrons. The number of alkyl carbamates (subject to hydrolysis) is 1.